The van der Waals surface area contributed by atoms with Crippen LogP contribution in [-0.2, 0) is 54.0 Å². The molecule has 0 fully saturated rings. The molecule has 0 spiro atoms. The second kappa shape index (κ2) is 32.4. The van der Waals surface area contributed by atoms with Crippen molar-refractivity contribution < 1.29 is 29.6 Å². The Balaban J connectivity index is 0. The van der Waals surface area contributed by atoms with Crippen molar-refractivity contribution in [2.75, 3.05) is 0 Å². The van der Waals surface area contributed by atoms with Gasteiger partial charge in [0.05, 0.1) is 0 Å². The van der Waals surface area contributed by atoms with E-state index in [2.05, 4.69) is 0 Å². The molecule has 4 radical (unpaired) electrons. The van der Waals surface area contributed by atoms with Crippen molar-refractivity contribution in [1.29, 1.82) is 0 Å². The van der Waals surface area contributed by atoms with Crippen LogP contribution in [0.4, 0.5) is 0 Å². The summed E-state index contributed by atoms with van der Waals surface area (Å²) >= 11 is 0. The first-order valence-electron chi connectivity index (χ1n) is 0. The molecule has 0 saturated carbocycles. The average molecular weight is 154 g/mol. The second-order valence-corrected chi connectivity index (χ2v) is 0. The number of hydrogen-bond acceptors (Lipinski definition) is 3. The SMILES string of the molecule is [Na+].[S+2].[SH-].[SH-].[SH-]. The fourth-order valence-corrected chi connectivity index (χ4v) is 0. The molecule has 0 aliphatic carbocycles. The Morgan fingerprint density at radius 1 is 0.600 bits per heavy atom. The molecule has 0 aliphatic rings. The van der Waals surface area contributed by atoms with E-state index in [9.17, 15) is 0 Å². The molecule has 0 atom stereocenters. The van der Waals surface area contributed by atoms with Crippen LogP contribution in [0.15, 0.2) is 0 Å². The molecule has 5 heteroatoms. The van der Waals surface area contributed by atoms with Crippen LogP contribution < -0.4 is 29.6 Å². The smallest absolute Gasteiger partial charge is 0.813 e. The van der Waals surface area contributed by atoms with Gasteiger partial charge in [-0.15, -0.1) is 0 Å². The molecule has 28 valence electrons. The Bertz CT molecular complexity index is 3.61. The fourth-order valence-electron chi connectivity index (χ4n) is 0. The van der Waals surface area contributed by atoms with E-state index in [0.29, 0.717) is 0 Å². The monoisotopic (exact) mass is 154 g/mol. The molecular weight excluding hydrogens is 151 g/mol. The number of rotatable bonds is 0. The third-order valence-corrected chi connectivity index (χ3v) is 0. The zero-order valence-corrected chi connectivity index (χ0v) is 8.25. The Hall–Kier alpha value is 2.40. The maximum atomic E-state index is 0. The van der Waals surface area contributed by atoms with Gasteiger partial charge >= 0.3 is 43.1 Å². The molecule has 0 aromatic heterocycles. The predicted octanol–water partition coefficient (Wildman–Crippen LogP) is -3.81. The van der Waals surface area contributed by atoms with Gasteiger partial charge in [0.15, 0.2) is 0 Å². The summed E-state index contributed by atoms with van der Waals surface area (Å²) in [4.78, 5) is 0. The van der Waals surface area contributed by atoms with Gasteiger partial charge in [0.1, 0.15) is 0 Å². The third-order valence-electron chi connectivity index (χ3n) is 0. The van der Waals surface area contributed by atoms with Crippen molar-refractivity contribution in [2.24, 2.45) is 0 Å². The standard InChI is InChI=1S/Na.3H2S.S/h;3*1H2;/q+1;;;;+2/p-3. The van der Waals surface area contributed by atoms with Gasteiger partial charge in [0, 0.05) is 0 Å². The van der Waals surface area contributed by atoms with Gasteiger partial charge in [-0.25, -0.2) is 0 Å². The van der Waals surface area contributed by atoms with E-state index in [1.54, 1.807) is 0 Å². The van der Waals surface area contributed by atoms with E-state index in [1.165, 1.54) is 0 Å². The van der Waals surface area contributed by atoms with Gasteiger partial charge < -0.3 is 40.5 Å². The van der Waals surface area contributed by atoms with Crippen molar-refractivity contribution in [3.05, 3.63) is 0 Å². The van der Waals surface area contributed by atoms with Crippen molar-refractivity contribution >= 4 is 54.0 Å². The average Bonchev–Trinajstić information content (AvgIpc) is 0. The van der Waals surface area contributed by atoms with E-state index in [4.69, 9.17) is 0 Å². The van der Waals surface area contributed by atoms with Crippen molar-refractivity contribution in [3.8, 4) is 0 Å². The molecule has 0 saturated heterocycles. The van der Waals surface area contributed by atoms with Gasteiger partial charge in [-0.2, -0.15) is 0 Å². The topological polar surface area (TPSA) is 0 Å². The van der Waals surface area contributed by atoms with E-state index >= 15 is 0 Å². The van der Waals surface area contributed by atoms with E-state index in [0.717, 1.165) is 0 Å². The van der Waals surface area contributed by atoms with Crippen LogP contribution in [0.2, 0.25) is 0 Å². The molecule has 0 rings (SSSR count). The minimum Gasteiger partial charge on any atom is -0.813 e. The van der Waals surface area contributed by atoms with Crippen LogP contribution in [0.1, 0.15) is 0 Å². The normalized spacial score (nSPS) is 0. The van der Waals surface area contributed by atoms with Crippen LogP contribution >= 0.6 is 0 Å². The Morgan fingerprint density at radius 3 is 0.600 bits per heavy atom. The zero-order chi connectivity index (χ0) is 0. The first-order valence-corrected chi connectivity index (χ1v) is 0. The van der Waals surface area contributed by atoms with Crippen LogP contribution in [-0.4, -0.2) is 0 Å². The van der Waals surface area contributed by atoms with Crippen LogP contribution in [0.25, 0.3) is 0 Å². The Labute approximate surface area is 82.6 Å². The van der Waals surface area contributed by atoms with Crippen LogP contribution in [0, 0.1) is 0 Å². The second-order valence-electron chi connectivity index (χ2n) is 0. The first kappa shape index (κ1) is 52.6. The van der Waals surface area contributed by atoms with E-state index in [-0.39, 0.29) is 83.5 Å². The van der Waals surface area contributed by atoms with Gasteiger partial charge in [0.25, 0.3) is 0 Å². The van der Waals surface area contributed by atoms with E-state index in [1.807, 2.05) is 0 Å². The van der Waals surface area contributed by atoms with Gasteiger partial charge in [-0.1, -0.05) is 0 Å². The quantitative estimate of drug-likeness (QED) is 0.199. The Kier molecular flexibility index (Phi) is 341. The fraction of sp³-hybridized carbons (Fsp3) is 0. The summed E-state index contributed by atoms with van der Waals surface area (Å²) in [6, 6.07) is 0. The molecule has 0 heterocycles. The summed E-state index contributed by atoms with van der Waals surface area (Å²) in [5.41, 5.74) is 0. The molecule has 0 unspecified atom stereocenters. The summed E-state index contributed by atoms with van der Waals surface area (Å²) in [6.45, 7) is 0. The molecule has 0 amide bonds. The number of thiol groups is 3. The molecule has 0 aliphatic heterocycles. The molecule has 0 aromatic rings. The van der Waals surface area contributed by atoms with Crippen molar-refractivity contribution in [3.63, 3.8) is 0 Å². The van der Waals surface area contributed by atoms with Gasteiger partial charge in [-0.05, 0) is 0 Å². The first-order chi connectivity index (χ1) is 0. The maximum Gasteiger partial charge on any atom is 2.00 e. The van der Waals surface area contributed by atoms with Crippen LogP contribution in [0.3, 0.4) is 0 Å². The molecule has 0 bridgehead atoms. The minimum atomic E-state index is 0. The van der Waals surface area contributed by atoms with Crippen molar-refractivity contribution in [1.82, 2.24) is 0 Å². The largest absolute Gasteiger partial charge is 2.00 e. The van der Waals surface area contributed by atoms with Crippen molar-refractivity contribution in [2.45, 2.75) is 0 Å². The van der Waals surface area contributed by atoms with Gasteiger partial charge in [0.2, 0.25) is 0 Å². The van der Waals surface area contributed by atoms with Gasteiger partial charge in [-0.3, -0.25) is 0 Å². The minimum absolute atomic E-state index is 0. The van der Waals surface area contributed by atoms with E-state index < -0.39 is 0 Å². The zero-order valence-electron chi connectivity index (χ0n) is 2.75. The summed E-state index contributed by atoms with van der Waals surface area (Å²) < 4.78 is 0. The summed E-state index contributed by atoms with van der Waals surface area (Å²) in [5, 5.41) is 0. The molecule has 0 aromatic carbocycles. The summed E-state index contributed by atoms with van der Waals surface area (Å²) in [5.74, 6) is 0. The predicted molar refractivity (Wildman–Crippen MR) is 33.6 cm³/mol. The summed E-state index contributed by atoms with van der Waals surface area (Å²) in [6.07, 6.45) is 0. The van der Waals surface area contributed by atoms with Crippen LogP contribution in [0.5, 0.6) is 0 Å². The maximum absolute atomic E-state index is 0. The summed E-state index contributed by atoms with van der Waals surface area (Å²) in [7, 11) is 0. The molecule has 0 nitrogen and oxygen atoms in total. The molecule has 5 heavy (non-hydrogen) atoms. The molecule has 0 N–H and O–H groups in total. The Morgan fingerprint density at radius 2 is 0.600 bits per heavy atom. The molecular formula is H3NaS4. The third kappa shape index (κ3) is 21.5. The number of hydrogen-bond donors (Lipinski definition) is 0.